The van der Waals surface area contributed by atoms with E-state index in [-0.39, 0.29) is 18.8 Å². The minimum Gasteiger partial charge on any atom is -0.420 e. The highest BCUT2D eigenvalue weighted by atomic mass is 19.2. The van der Waals surface area contributed by atoms with E-state index in [2.05, 4.69) is 20.0 Å². The summed E-state index contributed by atoms with van der Waals surface area (Å²) in [6.45, 7) is 0.660. The maximum absolute atomic E-state index is 13.7. The molecule has 1 aliphatic heterocycles. The van der Waals surface area contributed by atoms with Gasteiger partial charge in [-0.15, -0.1) is 0 Å². The molecule has 1 saturated heterocycles. The summed E-state index contributed by atoms with van der Waals surface area (Å²) in [5.41, 5.74) is 5.64. The Morgan fingerprint density at radius 2 is 1.62 bits per heavy atom. The van der Waals surface area contributed by atoms with Gasteiger partial charge in [0.1, 0.15) is 11.6 Å². The van der Waals surface area contributed by atoms with Crippen molar-refractivity contribution in [3.05, 3.63) is 35.2 Å². The number of aromatic nitrogens is 2. The minimum absolute atomic E-state index is 0.0553. The molecular formula is C17H16F5N5O2. The Morgan fingerprint density at radius 1 is 1.07 bits per heavy atom. The first-order valence-corrected chi connectivity index (χ1v) is 8.53. The lowest BCUT2D eigenvalue weighted by Crippen LogP contribution is -2.38. The van der Waals surface area contributed by atoms with Crippen LogP contribution in [0.15, 0.2) is 6.07 Å². The summed E-state index contributed by atoms with van der Waals surface area (Å²) in [6, 6.07) is 1.66. The second kappa shape index (κ2) is 8.05. The van der Waals surface area contributed by atoms with E-state index < -0.39 is 46.7 Å². The topological polar surface area (TPSA) is 93.4 Å². The molecule has 7 nitrogen and oxygen atoms in total. The van der Waals surface area contributed by atoms with Gasteiger partial charge in [-0.25, -0.2) is 13.2 Å². The van der Waals surface area contributed by atoms with E-state index in [4.69, 9.17) is 5.73 Å². The number of nitrogens with two attached hydrogens (primary N) is 1. The summed E-state index contributed by atoms with van der Waals surface area (Å²) in [7, 11) is 1.66. The molecule has 1 aliphatic rings. The third-order valence-corrected chi connectivity index (χ3v) is 4.51. The Morgan fingerprint density at radius 3 is 2.17 bits per heavy atom. The van der Waals surface area contributed by atoms with Crippen LogP contribution in [0.3, 0.4) is 0 Å². The zero-order valence-electron chi connectivity index (χ0n) is 15.1. The zero-order chi connectivity index (χ0) is 21.3. The molecule has 29 heavy (non-hydrogen) atoms. The standard InChI is InChI=1S/C17H16F5N5O2/c1-24-8-6-9(26-17(23)25-8)27-4-2-7(3-5-27)16(28)29-15-13(21)11(19)10(18)12(20)14(15)22/h6-7H,2-5H2,1H3,(H3,23,24,25,26). The summed E-state index contributed by atoms with van der Waals surface area (Å²) in [5, 5.41) is 2.83. The molecule has 0 saturated carbocycles. The van der Waals surface area contributed by atoms with E-state index in [1.807, 2.05) is 4.90 Å². The predicted molar refractivity (Wildman–Crippen MR) is 92.8 cm³/mol. The van der Waals surface area contributed by atoms with Crippen LogP contribution >= 0.6 is 0 Å². The molecule has 0 atom stereocenters. The molecule has 0 aliphatic carbocycles. The van der Waals surface area contributed by atoms with Gasteiger partial charge in [0, 0.05) is 26.2 Å². The van der Waals surface area contributed by atoms with Crippen molar-refractivity contribution in [3.8, 4) is 5.75 Å². The number of ether oxygens (including phenoxy) is 1. The van der Waals surface area contributed by atoms with Gasteiger partial charge in [-0.2, -0.15) is 18.7 Å². The third-order valence-electron chi connectivity index (χ3n) is 4.51. The average molecular weight is 417 g/mol. The Balaban J connectivity index is 1.69. The van der Waals surface area contributed by atoms with Crippen molar-refractivity contribution in [1.82, 2.24) is 9.97 Å². The lowest BCUT2D eigenvalue weighted by Gasteiger charge is -2.31. The quantitative estimate of drug-likeness (QED) is 0.260. The van der Waals surface area contributed by atoms with Crippen LogP contribution in [0.1, 0.15) is 12.8 Å². The number of rotatable bonds is 4. The van der Waals surface area contributed by atoms with Crippen molar-refractivity contribution in [2.75, 3.05) is 36.1 Å². The first-order valence-electron chi connectivity index (χ1n) is 8.53. The Labute approximate surface area is 161 Å². The highest BCUT2D eigenvalue weighted by Gasteiger charge is 2.32. The van der Waals surface area contributed by atoms with Crippen molar-refractivity contribution in [1.29, 1.82) is 0 Å². The molecule has 0 spiro atoms. The summed E-state index contributed by atoms with van der Waals surface area (Å²) >= 11 is 0. The lowest BCUT2D eigenvalue weighted by atomic mass is 9.97. The van der Waals surface area contributed by atoms with Gasteiger partial charge in [0.05, 0.1) is 5.92 Å². The van der Waals surface area contributed by atoms with Crippen molar-refractivity contribution in [2.24, 2.45) is 5.92 Å². The number of nitrogen functional groups attached to an aromatic ring is 1. The van der Waals surface area contributed by atoms with Crippen LogP contribution in [0.25, 0.3) is 0 Å². The third kappa shape index (κ3) is 4.00. The first-order chi connectivity index (χ1) is 13.7. The molecule has 1 aromatic heterocycles. The molecule has 0 radical (unpaired) electrons. The van der Waals surface area contributed by atoms with Crippen molar-refractivity contribution in [3.63, 3.8) is 0 Å². The van der Waals surface area contributed by atoms with Gasteiger partial charge in [-0.05, 0) is 12.8 Å². The molecule has 0 unspecified atom stereocenters. The molecule has 2 aromatic rings. The second-order valence-corrected chi connectivity index (χ2v) is 6.30. The molecule has 3 N–H and O–H groups in total. The maximum atomic E-state index is 13.7. The average Bonchev–Trinajstić information content (AvgIpc) is 2.73. The van der Waals surface area contributed by atoms with Gasteiger partial charge in [0.2, 0.25) is 40.8 Å². The molecule has 2 heterocycles. The van der Waals surface area contributed by atoms with Gasteiger partial charge >= 0.3 is 5.97 Å². The van der Waals surface area contributed by atoms with Crippen LogP contribution in [-0.4, -0.2) is 36.1 Å². The molecule has 1 fully saturated rings. The molecule has 3 rings (SSSR count). The van der Waals surface area contributed by atoms with Crippen LogP contribution in [-0.2, 0) is 4.79 Å². The summed E-state index contributed by atoms with van der Waals surface area (Å²) in [4.78, 5) is 22.1. The number of halogens is 5. The van der Waals surface area contributed by atoms with E-state index in [1.165, 1.54) is 0 Å². The van der Waals surface area contributed by atoms with E-state index in [0.29, 0.717) is 24.7 Å². The summed E-state index contributed by atoms with van der Waals surface area (Å²) in [5.74, 6) is -13.4. The van der Waals surface area contributed by atoms with E-state index in [9.17, 15) is 26.7 Å². The molecular weight excluding hydrogens is 401 g/mol. The van der Waals surface area contributed by atoms with Crippen molar-refractivity contribution < 1.29 is 31.5 Å². The van der Waals surface area contributed by atoms with Gasteiger partial charge in [0.15, 0.2) is 0 Å². The van der Waals surface area contributed by atoms with Gasteiger partial charge in [0.25, 0.3) is 0 Å². The van der Waals surface area contributed by atoms with Crippen molar-refractivity contribution >= 4 is 23.6 Å². The Bertz CT molecular complexity index is 921. The lowest BCUT2D eigenvalue weighted by molar-refractivity contribution is -0.140. The fourth-order valence-electron chi connectivity index (χ4n) is 2.95. The monoisotopic (exact) mass is 417 g/mol. The zero-order valence-corrected chi connectivity index (χ0v) is 15.1. The smallest absolute Gasteiger partial charge is 0.314 e. The minimum atomic E-state index is -2.32. The van der Waals surface area contributed by atoms with E-state index in [1.54, 1.807) is 13.1 Å². The fraction of sp³-hybridized carbons (Fsp3) is 0.353. The van der Waals surface area contributed by atoms with E-state index in [0.717, 1.165) is 0 Å². The van der Waals surface area contributed by atoms with E-state index >= 15 is 0 Å². The van der Waals surface area contributed by atoms with Crippen LogP contribution in [0.5, 0.6) is 5.75 Å². The van der Waals surface area contributed by atoms with Crippen LogP contribution in [0.4, 0.5) is 39.5 Å². The SMILES string of the molecule is CNc1cc(N2CCC(C(=O)Oc3c(F)c(F)c(F)c(F)c3F)CC2)nc(N)n1. The number of carbonyl (C=O) groups excluding carboxylic acids is 1. The normalized spacial score (nSPS) is 14.8. The van der Waals surface area contributed by atoms with Crippen LogP contribution in [0, 0.1) is 35.0 Å². The van der Waals surface area contributed by atoms with Crippen LogP contribution in [0.2, 0.25) is 0 Å². The summed E-state index contributed by atoms with van der Waals surface area (Å²) in [6.07, 6.45) is 0.431. The fourth-order valence-corrected chi connectivity index (χ4v) is 2.95. The maximum Gasteiger partial charge on any atom is 0.314 e. The number of esters is 1. The number of carbonyl (C=O) groups is 1. The number of hydrogen-bond donors (Lipinski definition) is 2. The molecule has 156 valence electrons. The number of nitrogens with zero attached hydrogens (tertiary/aromatic N) is 3. The number of anilines is 3. The van der Waals surface area contributed by atoms with Gasteiger partial charge in [-0.3, -0.25) is 4.79 Å². The molecule has 0 amide bonds. The van der Waals surface area contributed by atoms with Gasteiger partial charge < -0.3 is 20.7 Å². The van der Waals surface area contributed by atoms with Crippen LogP contribution < -0.4 is 20.7 Å². The molecule has 0 bridgehead atoms. The highest BCUT2D eigenvalue weighted by molar-refractivity contribution is 5.75. The largest absolute Gasteiger partial charge is 0.420 e. The number of hydrogen-bond acceptors (Lipinski definition) is 7. The van der Waals surface area contributed by atoms with Gasteiger partial charge in [-0.1, -0.05) is 0 Å². The number of nitrogens with one attached hydrogen (secondary N) is 1. The molecule has 1 aromatic carbocycles. The first kappa shape index (κ1) is 20.6. The number of benzene rings is 1. The summed E-state index contributed by atoms with van der Waals surface area (Å²) < 4.78 is 71.5. The number of piperidine rings is 1. The Kier molecular flexibility index (Phi) is 5.71. The predicted octanol–water partition coefficient (Wildman–Crippen LogP) is 2.62. The highest BCUT2D eigenvalue weighted by Crippen LogP contribution is 2.31. The van der Waals surface area contributed by atoms with Crippen molar-refractivity contribution in [2.45, 2.75) is 12.8 Å². The molecule has 12 heteroatoms. The Hall–Kier alpha value is -3.18. The second-order valence-electron chi connectivity index (χ2n) is 6.30.